The molecule has 3 heterocycles. The molecular weight excluding hydrogens is 554 g/mol. The van der Waals surface area contributed by atoms with Crippen LogP contribution >= 0.6 is 11.3 Å². The molecule has 216 valence electrons. The Balaban J connectivity index is 1.34. The van der Waals surface area contributed by atoms with Gasteiger partial charge in [-0.1, -0.05) is 66.7 Å². The average Bonchev–Trinajstić information content (AvgIpc) is 3.74. The Kier molecular flexibility index (Phi) is 8.56. The van der Waals surface area contributed by atoms with E-state index in [2.05, 4.69) is 22.2 Å². The summed E-state index contributed by atoms with van der Waals surface area (Å²) in [6.07, 6.45) is 8.24. The van der Waals surface area contributed by atoms with Crippen LogP contribution in [-0.4, -0.2) is 49.0 Å². The summed E-state index contributed by atoms with van der Waals surface area (Å²) in [5.74, 6) is -0.252. The number of aromatic nitrogens is 3. The molecule has 0 spiro atoms. The molecular formula is C35H33N5O2S. The van der Waals surface area contributed by atoms with E-state index < -0.39 is 6.04 Å². The lowest BCUT2D eigenvalue weighted by Gasteiger charge is -2.37. The Morgan fingerprint density at radius 1 is 0.953 bits per heavy atom. The van der Waals surface area contributed by atoms with Crippen molar-refractivity contribution in [2.75, 3.05) is 6.54 Å². The van der Waals surface area contributed by atoms with Gasteiger partial charge in [-0.25, -0.2) is 9.67 Å². The molecule has 8 heteroatoms. The van der Waals surface area contributed by atoms with Crippen LogP contribution in [0.4, 0.5) is 0 Å². The minimum atomic E-state index is -0.682. The van der Waals surface area contributed by atoms with E-state index in [1.807, 2.05) is 96.9 Å². The molecule has 5 aromatic rings. The largest absolute Gasteiger partial charge is 0.336 e. The number of hydrogen-bond donors (Lipinski definition) is 0. The van der Waals surface area contributed by atoms with Gasteiger partial charge >= 0.3 is 0 Å². The predicted molar refractivity (Wildman–Crippen MR) is 169 cm³/mol. The minimum Gasteiger partial charge on any atom is -0.336 e. The van der Waals surface area contributed by atoms with Crippen molar-refractivity contribution in [3.8, 4) is 5.69 Å². The van der Waals surface area contributed by atoms with Crippen LogP contribution in [0, 0.1) is 6.92 Å². The smallest absolute Gasteiger partial charge is 0.247 e. The summed E-state index contributed by atoms with van der Waals surface area (Å²) >= 11 is 1.49. The van der Waals surface area contributed by atoms with Gasteiger partial charge in [0.25, 0.3) is 0 Å². The first-order valence-electron chi connectivity index (χ1n) is 14.4. The lowest BCUT2D eigenvalue weighted by molar-refractivity contribution is -0.144. The summed E-state index contributed by atoms with van der Waals surface area (Å²) in [6.45, 7) is 3.38. The summed E-state index contributed by atoms with van der Waals surface area (Å²) in [5, 5.41) is 4.32. The lowest BCUT2D eigenvalue weighted by Crippen LogP contribution is -2.52. The van der Waals surface area contributed by atoms with Crippen molar-refractivity contribution in [2.45, 2.75) is 38.9 Å². The molecule has 0 fully saturated rings. The highest BCUT2D eigenvalue weighted by atomic mass is 32.1. The molecule has 0 bridgehead atoms. The highest BCUT2D eigenvalue weighted by molar-refractivity contribution is 7.10. The highest BCUT2D eigenvalue weighted by Crippen LogP contribution is 2.24. The second-order valence-electron chi connectivity index (χ2n) is 10.7. The Labute approximate surface area is 255 Å². The number of thiazole rings is 1. The van der Waals surface area contributed by atoms with E-state index in [9.17, 15) is 9.59 Å². The van der Waals surface area contributed by atoms with E-state index in [0.29, 0.717) is 19.5 Å². The molecule has 1 aliphatic rings. The maximum atomic E-state index is 14.4. The van der Waals surface area contributed by atoms with Crippen LogP contribution in [0.1, 0.15) is 32.8 Å². The molecule has 3 aromatic carbocycles. The maximum Gasteiger partial charge on any atom is 0.247 e. The second kappa shape index (κ2) is 13.0. The monoisotopic (exact) mass is 587 g/mol. The van der Waals surface area contributed by atoms with E-state index in [-0.39, 0.29) is 18.4 Å². The molecule has 7 nitrogen and oxygen atoms in total. The van der Waals surface area contributed by atoms with Gasteiger partial charge in [0.05, 0.1) is 16.9 Å². The molecule has 1 atom stereocenters. The fraction of sp³-hybridized carbons (Fsp3) is 0.200. The summed E-state index contributed by atoms with van der Waals surface area (Å²) < 4.78 is 1.79. The Morgan fingerprint density at radius 2 is 1.72 bits per heavy atom. The maximum absolute atomic E-state index is 14.4. The first-order chi connectivity index (χ1) is 21.0. The molecule has 1 unspecified atom stereocenters. The molecule has 0 saturated carbocycles. The standard InChI is InChI=1S/C35H33N5O2S/c1-26-33(43-25-36-26)16-17-34(41)39(23-28-12-14-31(15-13-28)40-20-7-19-37-40)32(22-27-8-3-2-4-9-27)35(42)38-21-18-29-10-5-6-11-30(29)24-38/h2-17,19-20,25,32H,18,21-24H2,1H3. The van der Waals surface area contributed by atoms with Gasteiger partial charge < -0.3 is 9.80 Å². The number of nitrogens with zero attached hydrogens (tertiary/aromatic N) is 5. The van der Waals surface area contributed by atoms with Gasteiger partial charge in [-0.05, 0) is 59.9 Å². The van der Waals surface area contributed by atoms with E-state index in [1.54, 1.807) is 27.4 Å². The van der Waals surface area contributed by atoms with E-state index >= 15 is 0 Å². The van der Waals surface area contributed by atoms with Crippen LogP contribution in [0.25, 0.3) is 11.8 Å². The molecule has 0 aliphatic carbocycles. The number of carbonyl (C=O) groups is 2. The Morgan fingerprint density at radius 3 is 2.44 bits per heavy atom. The van der Waals surface area contributed by atoms with Gasteiger partial charge in [0.15, 0.2) is 0 Å². The van der Waals surface area contributed by atoms with Crippen molar-refractivity contribution in [1.82, 2.24) is 24.6 Å². The van der Waals surface area contributed by atoms with Crippen molar-refractivity contribution < 1.29 is 9.59 Å². The van der Waals surface area contributed by atoms with Crippen LogP contribution < -0.4 is 0 Å². The zero-order valence-electron chi connectivity index (χ0n) is 24.0. The molecule has 1 aliphatic heterocycles. The van der Waals surface area contributed by atoms with Crippen LogP contribution in [0.5, 0.6) is 0 Å². The highest BCUT2D eigenvalue weighted by Gasteiger charge is 2.34. The third-order valence-electron chi connectivity index (χ3n) is 7.88. The van der Waals surface area contributed by atoms with Gasteiger partial charge in [0.1, 0.15) is 6.04 Å². The summed E-state index contributed by atoms with van der Waals surface area (Å²) in [4.78, 5) is 37.4. The van der Waals surface area contributed by atoms with E-state index in [4.69, 9.17) is 0 Å². The first-order valence-corrected chi connectivity index (χ1v) is 15.3. The number of benzene rings is 3. The normalized spacial score (nSPS) is 13.6. The van der Waals surface area contributed by atoms with Crippen LogP contribution in [0.2, 0.25) is 0 Å². The molecule has 0 N–H and O–H groups in total. The predicted octanol–water partition coefficient (Wildman–Crippen LogP) is 5.88. The number of aryl methyl sites for hydroxylation is 1. The van der Waals surface area contributed by atoms with Gasteiger partial charge in [-0.3, -0.25) is 9.59 Å². The molecule has 2 amide bonds. The minimum absolute atomic E-state index is 0.0396. The molecule has 0 radical (unpaired) electrons. The van der Waals surface area contributed by atoms with Crippen molar-refractivity contribution in [2.24, 2.45) is 0 Å². The zero-order valence-corrected chi connectivity index (χ0v) is 24.9. The van der Waals surface area contributed by atoms with Crippen LogP contribution in [0.3, 0.4) is 0 Å². The van der Waals surface area contributed by atoms with Crippen molar-refractivity contribution in [1.29, 1.82) is 0 Å². The average molecular weight is 588 g/mol. The molecule has 43 heavy (non-hydrogen) atoms. The fourth-order valence-electron chi connectivity index (χ4n) is 5.49. The van der Waals surface area contributed by atoms with Crippen LogP contribution in [0.15, 0.2) is 109 Å². The Hall–Kier alpha value is -4.82. The summed E-state index contributed by atoms with van der Waals surface area (Å²) in [6, 6.07) is 27.4. The summed E-state index contributed by atoms with van der Waals surface area (Å²) in [7, 11) is 0. The SMILES string of the molecule is Cc1ncsc1C=CC(=O)N(Cc1ccc(-n2cccn2)cc1)C(Cc1ccccc1)C(=O)N1CCc2ccccc2C1. The topological polar surface area (TPSA) is 71.3 Å². The second-order valence-corrected chi connectivity index (χ2v) is 11.6. The number of carbonyl (C=O) groups excluding carboxylic acids is 2. The van der Waals surface area contributed by atoms with Gasteiger partial charge in [0, 0.05) is 49.4 Å². The van der Waals surface area contributed by atoms with Gasteiger partial charge in [-0.15, -0.1) is 11.3 Å². The third kappa shape index (κ3) is 6.65. The van der Waals surface area contributed by atoms with Crippen molar-refractivity contribution in [3.05, 3.63) is 142 Å². The number of hydrogen-bond acceptors (Lipinski definition) is 5. The van der Waals surface area contributed by atoms with Gasteiger partial charge in [0.2, 0.25) is 11.8 Å². The number of fused-ring (bicyclic) bond motifs is 1. The molecule has 6 rings (SSSR count). The fourth-order valence-corrected chi connectivity index (χ4v) is 6.18. The van der Waals surface area contributed by atoms with E-state index in [0.717, 1.165) is 39.4 Å². The zero-order chi connectivity index (χ0) is 29.6. The first kappa shape index (κ1) is 28.3. The molecule has 0 saturated heterocycles. The van der Waals surface area contributed by atoms with Crippen molar-refractivity contribution >= 4 is 29.2 Å². The molecule has 2 aromatic heterocycles. The van der Waals surface area contributed by atoms with Gasteiger partial charge in [-0.2, -0.15) is 5.10 Å². The van der Waals surface area contributed by atoms with Crippen molar-refractivity contribution in [3.63, 3.8) is 0 Å². The Bertz CT molecular complexity index is 1710. The van der Waals surface area contributed by atoms with Crippen LogP contribution in [-0.2, 0) is 35.5 Å². The third-order valence-corrected chi connectivity index (χ3v) is 8.77. The lowest BCUT2D eigenvalue weighted by atomic mass is 9.97. The van der Waals surface area contributed by atoms with E-state index in [1.165, 1.54) is 16.9 Å². The summed E-state index contributed by atoms with van der Waals surface area (Å²) in [5.41, 5.74) is 7.95. The number of amides is 2. The number of rotatable bonds is 9. The quantitative estimate of drug-likeness (QED) is 0.202.